The number of carbonyl (C=O) groups excluding carboxylic acids is 4. The minimum atomic E-state index is -1.29. The van der Waals surface area contributed by atoms with Crippen molar-refractivity contribution in [3.05, 3.63) is 46.3 Å². The molecule has 6 rings (SSSR count). The monoisotopic (exact) mass is 865 g/mol. The predicted molar refractivity (Wildman–Crippen MR) is 221 cm³/mol. The molecule has 15 heteroatoms. The number of benzene rings is 1. The van der Waals surface area contributed by atoms with E-state index in [2.05, 4.69) is 38.1 Å². The number of anilines is 1. The molecule has 1 aromatic carbocycles. The molecule has 3 aromatic rings. The number of aryl methyl sites for hydroxylation is 1. The van der Waals surface area contributed by atoms with Crippen LogP contribution >= 0.6 is 27.3 Å². The number of Topliss-reactive ketones (excluding diaryl/α,β-unsaturated/α-hetero) is 1. The number of amides is 3. The van der Waals surface area contributed by atoms with E-state index in [0.29, 0.717) is 33.2 Å². The number of thiazole rings is 1. The Hall–Kier alpha value is -4.37. The van der Waals surface area contributed by atoms with Crippen LogP contribution in [0.4, 0.5) is 9.93 Å². The summed E-state index contributed by atoms with van der Waals surface area (Å²) in [6.07, 6.45) is 3.39. The number of aliphatic carboxylic acids is 1. The fraction of sp³-hybridized carbons (Fsp3) is 0.548. The van der Waals surface area contributed by atoms with Crippen molar-refractivity contribution in [2.45, 2.75) is 111 Å². The Balaban J connectivity index is 1.36. The van der Waals surface area contributed by atoms with Crippen molar-refractivity contribution in [1.82, 2.24) is 20.2 Å². The molecule has 2 aliphatic carbocycles. The molecule has 0 radical (unpaired) electrons. The molecule has 3 heterocycles. The minimum absolute atomic E-state index is 0.0123. The van der Waals surface area contributed by atoms with Crippen molar-refractivity contribution < 1.29 is 38.6 Å². The molecule has 3 fully saturated rings. The highest BCUT2D eigenvalue weighted by Crippen LogP contribution is 2.57. The van der Waals surface area contributed by atoms with E-state index in [1.807, 2.05) is 46.8 Å². The standard InChI is InChI=1S/C42H52BrN5O8S/c1-9-24-17-42(24,38(52)53)18-29(49)34-23(5)31(19-48(34)37(51)35(41(6,7)8)46-40(54)55-25-12-10-11-13-25)56-30-16-27(44-33-26(30)15-14-22(4)32(33)43)28-20-57-39(45-28)47-36(50)21(2)3/h9,14-16,20-21,23-25,31,34-35H,1,10-13,17-19H2,2-8H3,(H,46,54)(H,52,53)(H,45,47,50)/t23-,24+,31-,34-,35+,42+/m0/s1. The molecular weight excluding hydrogens is 814 g/mol. The summed E-state index contributed by atoms with van der Waals surface area (Å²) < 4.78 is 13.3. The zero-order valence-electron chi connectivity index (χ0n) is 33.5. The summed E-state index contributed by atoms with van der Waals surface area (Å²) in [5.74, 6) is -2.86. The third-order valence-corrected chi connectivity index (χ3v) is 13.3. The zero-order valence-corrected chi connectivity index (χ0v) is 35.9. The number of alkyl carbamates (subject to hydrolysis) is 1. The quantitative estimate of drug-likeness (QED) is 0.143. The Morgan fingerprint density at radius 3 is 2.46 bits per heavy atom. The maximum atomic E-state index is 14.8. The van der Waals surface area contributed by atoms with Crippen molar-refractivity contribution in [3.63, 3.8) is 0 Å². The molecule has 0 bridgehead atoms. The number of allylic oxidation sites excluding steroid dienone is 1. The van der Waals surface area contributed by atoms with Crippen molar-refractivity contribution in [3.8, 4) is 17.1 Å². The van der Waals surface area contributed by atoms with Crippen LogP contribution in [0.1, 0.15) is 85.6 Å². The van der Waals surface area contributed by atoms with Crippen LogP contribution in [0.3, 0.4) is 0 Å². The van der Waals surface area contributed by atoms with Gasteiger partial charge in [-0.15, -0.1) is 17.9 Å². The number of hydrogen-bond acceptors (Lipinski definition) is 10. The van der Waals surface area contributed by atoms with Crippen molar-refractivity contribution in [1.29, 1.82) is 0 Å². The van der Waals surface area contributed by atoms with Crippen molar-refractivity contribution >= 4 is 73.0 Å². The van der Waals surface area contributed by atoms with Gasteiger partial charge in [-0.05, 0) is 77.9 Å². The van der Waals surface area contributed by atoms with Gasteiger partial charge in [0.05, 0.1) is 29.2 Å². The summed E-state index contributed by atoms with van der Waals surface area (Å²) in [6, 6.07) is 3.49. The Bertz CT molecular complexity index is 2090. The van der Waals surface area contributed by atoms with E-state index < -0.39 is 58.7 Å². The van der Waals surface area contributed by atoms with Crippen LogP contribution in [0.15, 0.2) is 40.7 Å². The van der Waals surface area contributed by atoms with Gasteiger partial charge in [0.25, 0.3) is 0 Å². The van der Waals surface area contributed by atoms with Crippen LogP contribution in [0.5, 0.6) is 5.75 Å². The highest BCUT2D eigenvalue weighted by Gasteiger charge is 2.61. The maximum absolute atomic E-state index is 14.8. The van der Waals surface area contributed by atoms with Crippen LogP contribution in [-0.4, -0.2) is 80.5 Å². The number of carboxylic acid groups (broad SMARTS) is 1. The predicted octanol–water partition coefficient (Wildman–Crippen LogP) is 7.94. The summed E-state index contributed by atoms with van der Waals surface area (Å²) in [5, 5.41) is 18.8. The molecule has 1 aliphatic heterocycles. The van der Waals surface area contributed by atoms with Gasteiger partial charge in [0.1, 0.15) is 29.7 Å². The van der Waals surface area contributed by atoms with Gasteiger partial charge in [0.15, 0.2) is 10.9 Å². The first-order chi connectivity index (χ1) is 26.8. The lowest BCUT2D eigenvalue weighted by Crippen LogP contribution is -2.57. The van der Waals surface area contributed by atoms with E-state index in [1.54, 1.807) is 31.4 Å². The lowest BCUT2D eigenvalue weighted by atomic mass is 9.84. The molecule has 2 saturated carbocycles. The summed E-state index contributed by atoms with van der Waals surface area (Å²) in [7, 11) is 0. The van der Waals surface area contributed by atoms with Gasteiger partial charge in [0.2, 0.25) is 11.8 Å². The van der Waals surface area contributed by atoms with Gasteiger partial charge in [-0.25, -0.2) is 14.8 Å². The molecule has 0 unspecified atom stereocenters. The van der Waals surface area contributed by atoms with Gasteiger partial charge in [-0.2, -0.15) is 0 Å². The van der Waals surface area contributed by atoms with E-state index in [9.17, 15) is 29.1 Å². The molecule has 3 amide bonds. The number of hydrogen-bond donors (Lipinski definition) is 3. The maximum Gasteiger partial charge on any atom is 0.408 e. The summed E-state index contributed by atoms with van der Waals surface area (Å²) in [5.41, 5.74) is 0.486. The highest BCUT2D eigenvalue weighted by atomic mass is 79.9. The Morgan fingerprint density at radius 2 is 1.84 bits per heavy atom. The number of nitrogens with zero attached hydrogens (tertiary/aromatic N) is 3. The summed E-state index contributed by atoms with van der Waals surface area (Å²) in [4.78, 5) is 78.4. The molecule has 1 saturated heterocycles. The van der Waals surface area contributed by atoms with E-state index in [4.69, 9.17) is 14.5 Å². The molecule has 0 spiro atoms. The number of pyridine rings is 1. The molecule has 306 valence electrons. The summed E-state index contributed by atoms with van der Waals surface area (Å²) >= 11 is 4.98. The van der Waals surface area contributed by atoms with Gasteiger partial charge in [-0.3, -0.25) is 19.2 Å². The Morgan fingerprint density at radius 1 is 1.14 bits per heavy atom. The van der Waals surface area contributed by atoms with Gasteiger partial charge < -0.3 is 30.1 Å². The fourth-order valence-electron chi connectivity index (χ4n) is 7.92. The van der Waals surface area contributed by atoms with Crippen molar-refractivity contribution in [2.24, 2.45) is 28.6 Å². The van der Waals surface area contributed by atoms with Crippen LogP contribution < -0.4 is 15.4 Å². The first-order valence-electron chi connectivity index (χ1n) is 19.5. The molecule has 3 N–H and O–H groups in total. The normalized spacial score (nSPS) is 24.0. The van der Waals surface area contributed by atoms with Crippen LogP contribution in [0.2, 0.25) is 0 Å². The largest absolute Gasteiger partial charge is 0.487 e. The van der Waals surface area contributed by atoms with Gasteiger partial charge in [-0.1, -0.05) is 53.7 Å². The fourth-order valence-corrected chi connectivity index (χ4v) is 9.07. The van der Waals surface area contributed by atoms with Crippen LogP contribution in [0, 0.1) is 35.5 Å². The third-order valence-electron chi connectivity index (χ3n) is 11.6. The second-order valence-corrected chi connectivity index (χ2v) is 18.8. The lowest BCUT2D eigenvalue weighted by Gasteiger charge is -2.36. The van der Waals surface area contributed by atoms with Gasteiger partial charge in [0, 0.05) is 39.6 Å². The van der Waals surface area contributed by atoms with E-state index in [-0.39, 0.29) is 43.2 Å². The minimum Gasteiger partial charge on any atom is -0.487 e. The number of aromatic nitrogens is 2. The smallest absolute Gasteiger partial charge is 0.408 e. The average Bonchev–Trinajstić information content (AvgIpc) is 3.48. The van der Waals surface area contributed by atoms with Crippen molar-refractivity contribution in [2.75, 3.05) is 11.9 Å². The number of halogens is 1. The Kier molecular flexibility index (Phi) is 12.2. The molecule has 13 nitrogen and oxygen atoms in total. The molecule has 3 aliphatic rings. The van der Waals surface area contributed by atoms with E-state index >= 15 is 0 Å². The second kappa shape index (κ2) is 16.5. The first-order valence-corrected chi connectivity index (χ1v) is 21.2. The SMILES string of the molecule is C=C[C@@H]1C[C@]1(CC(=O)[C@@H]1[C@@H](C)[C@@H](Oc2cc(-c3csc(NC(=O)C(C)C)n3)nc3c(Br)c(C)ccc23)CN1C(=O)[C@@H](NC(=O)OC1CCCC1)C(C)(C)C)C(=O)O. The number of likely N-dealkylation sites (tertiary alicyclic amines) is 1. The van der Waals surface area contributed by atoms with E-state index in [0.717, 1.165) is 35.7 Å². The Labute approximate surface area is 345 Å². The number of carboxylic acids is 1. The second-order valence-electron chi connectivity index (χ2n) is 17.1. The first kappa shape index (κ1) is 42.2. The van der Waals surface area contributed by atoms with E-state index in [1.165, 1.54) is 16.2 Å². The molecule has 57 heavy (non-hydrogen) atoms. The zero-order chi connectivity index (χ0) is 41.6. The number of fused-ring (bicyclic) bond motifs is 1. The third kappa shape index (κ3) is 8.74. The van der Waals surface area contributed by atoms with Crippen LogP contribution in [-0.2, 0) is 23.9 Å². The summed E-state index contributed by atoms with van der Waals surface area (Å²) in [6.45, 7) is 16.6. The van der Waals surface area contributed by atoms with Crippen LogP contribution in [0.25, 0.3) is 22.3 Å². The molecule has 6 atom stereocenters. The number of ketones is 1. The average molecular weight is 867 g/mol. The lowest BCUT2D eigenvalue weighted by molar-refractivity contribution is -0.148. The topological polar surface area (TPSA) is 177 Å². The molecule has 2 aromatic heterocycles. The number of nitrogens with one attached hydrogen (secondary N) is 2. The molecular formula is C42H52BrN5O8S. The number of carbonyl (C=O) groups is 5. The highest BCUT2D eigenvalue weighted by molar-refractivity contribution is 9.10. The number of ether oxygens (including phenoxy) is 2. The number of rotatable bonds is 13. The van der Waals surface area contributed by atoms with Gasteiger partial charge >= 0.3 is 12.1 Å².